The maximum atomic E-state index is 12.1. The molecule has 0 saturated heterocycles. The third-order valence-electron chi connectivity index (χ3n) is 4.36. The lowest BCUT2D eigenvalue weighted by Crippen LogP contribution is -2.38. The van der Waals surface area contributed by atoms with Crippen molar-refractivity contribution in [3.8, 4) is 0 Å². The van der Waals surface area contributed by atoms with Crippen LogP contribution in [0.4, 0.5) is 4.79 Å². The molecule has 1 aliphatic carbocycles. The SMILES string of the molecule is CCC1(O)CCC(OC(=O)N(C)Cc2ccccc2)CC1. The number of benzene rings is 1. The van der Waals surface area contributed by atoms with Crippen LogP contribution in [0.3, 0.4) is 0 Å². The number of carbonyl (C=O) groups excluding carboxylic acids is 1. The molecule has 2 rings (SSSR count). The first-order valence-electron chi connectivity index (χ1n) is 7.70. The molecule has 1 N–H and O–H groups in total. The minimum atomic E-state index is -0.557. The minimum Gasteiger partial charge on any atom is -0.446 e. The molecule has 0 aromatic heterocycles. The van der Waals surface area contributed by atoms with E-state index in [-0.39, 0.29) is 12.2 Å². The molecule has 0 unspecified atom stereocenters. The number of aliphatic hydroxyl groups is 1. The van der Waals surface area contributed by atoms with Crippen LogP contribution in [-0.2, 0) is 11.3 Å². The Labute approximate surface area is 126 Å². The van der Waals surface area contributed by atoms with E-state index in [4.69, 9.17) is 4.74 Å². The maximum absolute atomic E-state index is 12.1. The first-order chi connectivity index (χ1) is 10.0. The molecule has 1 aromatic rings. The predicted molar refractivity (Wildman–Crippen MR) is 81.9 cm³/mol. The average Bonchev–Trinajstić information content (AvgIpc) is 2.50. The molecule has 21 heavy (non-hydrogen) atoms. The molecule has 0 spiro atoms. The van der Waals surface area contributed by atoms with Crippen LogP contribution in [0.2, 0.25) is 0 Å². The van der Waals surface area contributed by atoms with E-state index in [2.05, 4.69) is 0 Å². The fraction of sp³-hybridized carbons (Fsp3) is 0.588. The average molecular weight is 291 g/mol. The molecule has 116 valence electrons. The second kappa shape index (κ2) is 6.94. The van der Waals surface area contributed by atoms with Gasteiger partial charge in [-0.3, -0.25) is 0 Å². The van der Waals surface area contributed by atoms with E-state index in [1.807, 2.05) is 37.3 Å². The van der Waals surface area contributed by atoms with Gasteiger partial charge < -0.3 is 14.7 Å². The van der Waals surface area contributed by atoms with Gasteiger partial charge in [-0.15, -0.1) is 0 Å². The third-order valence-corrected chi connectivity index (χ3v) is 4.36. The highest BCUT2D eigenvalue weighted by atomic mass is 16.6. The molecule has 1 aromatic carbocycles. The van der Waals surface area contributed by atoms with E-state index >= 15 is 0 Å². The summed E-state index contributed by atoms with van der Waals surface area (Å²) in [6.07, 6.45) is 3.33. The highest BCUT2D eigenvalue weighted by Crippen LogP contribution is 2.32. The quantitative estimate of drug-likeness (QED) is 0.925. The zero-order chi connectivity index (χ0) is 15.3. The van der Waals surface area contributed by atoms with Gasteiger partial charge in [-0.05, 0) is 37.7 Å². The number of hydrogen-bond donors (Lipinski definition) is 1. The lowest BCUT2D eigenvalue weighted by Gasteiger charge is -2.35. The van der Waals surface area contributed by atoms with Gasteiger partial charge in [0.25, 0.3) is 0 Å². The van der Waals surface area contributed by atoms with Crippen LogP contribution < -0.4 is 0 Å². The maximum Gasteiger partial charge on any atom is 0.410 e. The lowest BCUT2D eigenvalue weighted by atomic mass is 9.82. The van der Waals surface area contributed by atoms with Gasteiger partial charge in [-0.1, -0.05) is 37.3 Å². The summed E-state index contributed by atoms with van der Waals surface area (Å²) in [5.74, 6) is 0. The van der Waals surface area contributed by atoms with E-state index < -0.39 is 5.60 Å². The predicted octanol–water partition coefficient (Wildman–Crippen LogP) is 3.34. The summed E-state index contributed by atoms with van der Waals surface area (Å²) >= 11 is 0. The summed E-state index contributed by atoms with van der Waals surface area (Å²) in [6, 6.07) is 9.86. The van der Waals surface area contributed by atoms with Gasteiger partial charge in [0.2, 0.25) is 0 Å². The van der Waals surface area contributed by atoms with Crippen LogP contribution in [0.15, 0.2) is 30.3 Å². The number of nitrogens with zero attached hydrogens (tertiary/aromatic N) is 1. The molecule has 1 aliphatic rings. The van der Waals surface area contributed by atoms with E-state index in [9.17, 15) is 9.90 Å². The zero-order valence-corrected chi connectivity index (χ0v) is 12.9. The van der Waals surface area contributed by atoms with Gasteiger partial charge >= 0.3 is 6.09 Å². The Hall–Kier alpha value is -1.55. The summed E-state index contributed by atoms with van der Waals surface area (Å²) < 4.78 is 5.54. The van der Waals surface area contributed by atoms with Crippen LogP contribution >= 0.6 is 0 Å². The molecule has 0 bridgehead atoms. The van der Waals surface area contributed by atoms with Crippen LogP contribution in [0.25, 0.3) is 0 Å². The molecule has 1 saturated carbocycles. The van der Waals surface area contributed by atoms with Crippen LogP contribution in [-0.4, -0.2) is 34.9 Å². The minimum absolute atomic E-state index is 0.0671. The van der Waals surface area contributed by atoms with Gasteiger partial charge in [0.15, 0.2) is 0 Å². The molecule has 1 fully saturated rings. The van der Waals surface area contributed by atoms with Crippen LogP contribution in [0.5, 0.6) is 0 Å². The second-order valence-corrected chi connectivity index (χ2v) is 6.00. The fourth-order valence-electron chi connectivity index (χ4n) is 2.75. The number of amides is 1. The Morgan fingerprint density at radius 3 is 2.52 bits per heavy atom. The standard InChI is InChI=1S/C17H25NO3/c1-3-17(20)11-9-15(10-12-17)21-16(19)18(2)13-14-7-5-4-6-8-14/h4-8,15,20H,3,9-13H2,1-2H3. The van der Waals surface area contributed by atoms with Gasteiger partial charge in [-0.25, -0.2) is 4.79 Å². The van der Waals surface area contributed by atoms with E-state index in [1.54, 1.807) is 11.9 Å². The van der Waals surface area contributed by atoms with E-state index in [1.165, 1.54) is 0 Å². The number of hydrogen-bond acceptors (Lipinski definition) is 3. The molecule has 0 aliphatic heterocycles. The first-order valence-corrected chi connectivity index (χ1v) is 7.70. The zero-order valence-electron chi connectivity index (χ0n) is 12.9. The monoisotopic (exact) mass is 291 g/mol. The summed E-state index contributed by atoms with van der Waals surface area (Å²) in [6.45, 7) is 2.55. The molecule has 0 atom stereocenters. The van der Waals surface area contributed by atoms with Crippen molar-refractivity contribution in [3.05, 3.63) is 35.9 Å². The highest BCUT2D eigenvalue weighted by molar-refractivity contribution is 5.67. The Morgan fingerprint density at radius 2 is 1.95 bits per heavy atom. The summed E-state index contributed by atoms with van der Waals surface area (Å²) in [5.41, 5.74) is 0.528. The molecular weight excluding hydrogens is 266 g/mol. The van der Waals surface area contributed by atoms with Crippen molar-refractivity contribution < 1.29 is 14.6 Å². The molecule has 0 radical (unpaired) electrons. The van der Waals surface area contributed by atoms with Crippen LogP contribution in [0.1, 0.15) is 44.6 Å². The summed E-state index contributed by atoms with van der Waals surface area (Å²) in [5, 5.41) is 10.2. The van der Waals surface area contributed by atoms with Crippen molar-refractivity contribution in [2.75, 3.05) is 7.05 Å². The highest BCUT2D eigenvalue weighted by Gasteiger charge is 2.33. The molecule has 4 heteroatoms. The summed E-state index contributed by atoms with van der Waals surface area (Å²) in [7, 11) is 1.75. The van der Waals surface area contributed by atoms with Crippen LogP contribution in [0, 0.1) is 0 Å². The van der Waals surface area contributed by atoms with Crippen molar-refractivity contribution in [1.29, 1.82) is 0 Å². The Balaban J connectivity index is 1.79. The third kappa shape index (κ3) is 4.46. The van der Waals surface area contributed by atoms with Crippen molar-refractivity contribution in [3.63, 3.8) is 0 Å². The Bertz CT molecular complexity index is 452. The second-order valence-electron chi connectivity index (χ2n) is 6.00. The summed E-state index contributed by atoms with van der Waals surface area (Å²) in [4.78, 5) is 13.7. The Kier molecular flexibility index (Phi) is 5.23. The van der Waals surface area contributed by atoms with Gasteiger partial charge in [-0.2, -0.15) is 0 Å². The smallest absolute Gasteiger partial charge is 0.410 e. The molecule has 4 nitrogen and oxygen atoms in total. The van der Waals surface area contributed by atoms with Gasteiger partial charge in [0.1, 0.15) is 6.10 Å². The van der Waals surface area contributed by atoms with Crippen molar-refractivity contribution in [2.24, 2.45) is 0 Å². The first kappa shape index (κ1) is 15.8. The molecule has 1 amide bonds. The van der Waals surface area contributed by atoms with Crippen molar-refractivity contribution >= 4 is 6.09 Å². The fourth-order valence-corrected chi connectivity index (χ4v) is 2.75. The van der Waals surface area contributed by atoms with Gasteiger partial charge in [0, 0.05) is 13.6 Å². The van der Waals surface area contributed by atoms with Crippen molar-refractivity contribution in [2.45, 2.75) is 57.3 Å². The number of rotatable bonds is 4. The Morgan fingerprint density at radius 1 is 1.33 bits per heavy atom. The van der Waals surface area contributed by atoms with E-state index in [0.29, 0.717) is 19.4 Å². The molecule has 0 heterocycles. The largest absolute Gasteiger partial charge is 0.446 e. The normalized spacial score (nSPS) is 25.4. The van der Waals surface area contributed by atoms with Gasteiger partial charge in [0.05, 0.1) is 5.60 Å². The number of ether oxygens (including phenoxy) is 1. The topological polar surface area (TPSA) is 49.8 Å². The molecular formula is C17H25NO3. The lowest BCUT2D eigenvalue weighted by molar-refractivity contribution is -0.0425. The number of carbonyl (C=O) groups is 1. The van der Waals surface area contributed by atoms with E-state index in [0.717, 1.165) is 24.8 Å². The van der Waals surface area contributed by atoms with Crippen molar-refractivity contribution in [1.82, 2.24) is 4.90 Å².